The Morgan fingerprint density at radius 1 is 1.28 bits per heavy atom. The van der Waals surface area contributed by atoms with Gasteiger partial charge in [-0.15, -0.1) is 0 Å². The van der Waals surface area contributed by atoms with E-state index < -0.39 is 0 Å². The van der Waals surface area contributed by atoms with Gasteiger partial charge in [0.15, 0.2) is 0 Å². The first-order valence-corrected chi connectivity index (χ1v) is 7.75. The first kappa shape index (κ1) is 14.0. The standard InChI is InChI=1S/C16H29NO/c1-5-14-9-8-12(2)17(14)11-13-7-6-10-16(3,4)15(13)18/h12-14H,5-11H2,1-4H3. The van der Waals surface area contributed by atoms with Gasteiger partial charge in [-0.1, -0.05) is 27.2 Å². The van der Waals surface area contributed by atoms with Gasteiger partial charge >= 0.3 is 0 Å². The average Bonchev–Trinajstić information content (AvgIpc) is 2.66. The molecular formula is C16H29NO. The maximum absolute atomic E-state index is 12.5. The molecule has 2 aliphatic rings. The van der Waals surface area contributed by atoms with Crippen LogP contribution in [0.5, 0.6) is 0 Å². The van der Waals surface area contributed by atoms with E-state index in [2.05, 4.69) is 32.6 Å². The Morgan fingerprint density at radius 2 is 2.00 bits per heavy atom. The lowest BCUT2D eigenvalue weighted by molar-refractivity contribution is -0.135. The molecule has 0 spiro atoms. The van der Waals surface area contributed by atoms with Gasteiger partial charge in [-0.3, -0.25) is 9.69 Å². The fourth-order valence-corrected chi connectivity index (χ4v) is 3.92. The summed E-state index contributed by atoms with van der Waals surface area (Å²) < 4.78 is 0. The highest BCUT2D eigenvalue weighted by molar-refractivity contribution is 5.87. The zero-order valence-corrected chi connectivity index (χ0v) is 12.5. The molecule has 3 unspecified atom stereocenters. The van der Waals surface area contributed by atoms with Gasteiger partial charge in [0.1, 0.15) is 5.78 Å². The van der Waals surface area contributed by atoms with Crippen LogP contribution in [0.2, 0.25) is 0 Å². The number of Topliss-reactive ketones (excluding diaryl/α,β-unsaturated/α-hetero) is 1. The van der Waals surface area contributed by atoms with E-state index in [4.69, 9.17) is 0 Å². The molecule has 0 aromatic carbocycles. The lowest BCUT2D eigenvalue weighted by Gasteiger charge is -2.38. The second-order valence-electron chi connectivity index (χ2n) is 7.02. The van der Waals surface area contributed by atoms with Crippen LogP contribution in [0.1, 0.15) is 66.2 Å². The second-order valence-corrected chi connectivity index (χ2v) is 7.02. The number of carbonyl (C=O) groups excluding carboxylic acids is 1. The normalized spacial score (nSPS) is 37.1. The highest BCUT2D eigenvalue weighted by Gasteiger charge is 2.40. The Labute approximate surface area is 112 Å². The summed E-state index contributed by atoms with van der Waals surface area (Å²) in [4.78, 5) is 15.1. The van der Waals surface area contributed by atoms with Crippen LogP contribution in [0.4, 0.5) is 0 Å². The maximum atomic E-state index is 12.5. The molecule has 0 amide bonds. The minimum Gasteiger partial charge on any atom is -0.299 e. The van der Waals surface area contributed by atoms with E-state index in [0.29, 0.717) is 17.7 Å². The van der Waals surface area contributed by atoms with Gasteiger partial charge in [0.05, 0.1) is 0 Å². The van der Waals surface area contributed by atoms with Crippen molar-refractivity contribution in [3.05, 3.63) is 0 Å². The van der Waals surface area contributed by atoms with Crippen LogP contribution in [-0.2, 0) is 4.79 Å². The summed E-state index contributed by atoms with van der Waals surface area (Å²) in [5.41, 5.74) is -0.0758. The lowest BCUT2D eigenvalue weighted by Crippen LogP contribution is -2.45. The molecule has 1 saturated heterocycles. The zero-order valence-electron chi connectivity index (χ0n) is 12.5. The molecule has 0 bridgehead atoms. The zero-order chi connectivity index (χ0) is 13.3. The Bertz CT molecular complexity index is 310. The Morgan fingerprint density at radius 3 is 2.67 bits per heavy atom. The van der Waals surface area contributed by atoms with Crippen LogP contribution >= 0.6 is 0 Å². The Hall–Kier alpha value is -0.370. The summed E-state index contributed by atoms with van der Waals surface area (Å²) >= 11 is 0. The van der Waals surface area contributed by atoms with Crippen molar-refractivity contribution in [2.75, 3.05) is 6.54 Å². The second kappa shape index (κ2) is 5.32. The lowest BCUT2D eigenvalue weighted by atomic mass is 9.71. The number of carbonyl (C=O) groups is 1. The highest BCUT2D eigenvalue weighted by atomic mass is 16.1. The van der Waals surface area contributed by atoms with Gasteiger partial charge in [-0.2, -0.15) is 0 Å². The van der Waals surface area contributed by atoms with Crippen molar-refractivity contribution < 1.29 is 4.79 Å². The van der Waals surface area contributed by atoms with Crippen LogP contribution in [-0.4, -0.2) is 29.3 Å². The van der Waals surface area contributed by atoms with Crippen LogP contribution in [0.3, 0.4) is 0 Å². The number of ketones is 1. The van der Waals surface area contributed by atoms with Gasteiger partial charge < -0.3 is 0 Å². The third kappa shape index (κ3) is 2.64. The van der Waals surface area contributed by atoms with Crippen LogP contribution in [0.15, 0.2) is 0 Å². The summed E-state index contributed by atoms with van der Waals surface area (Å²) in [5, 5.41) is 0. The van der Waals surface area contributed by atoms with Crippen LogP contribution in [0.25, 0.3) is 0 Å². The van der Waals surface area contributed by atoms with Crippen molar-refractivity contribution in [2.24, 2.45) is 11.3 Å². The minimum atomic E-state index is -0.0758. The number of rotatable bonds is 3. The molecule has 2 heteroatoms. The average molecular weight is 251 g/mol. The minimum absolute atomic E-state index is 0.0758. The molecule has 0 aromatic heterocycles. The first-order chi connectivity index (χ1) is 8.45. The van der Waals surface area contributed by atoms with Crippen molar-refractivity contribution >= 4 is 5.78 Å². The van der Waals surface area contributed by atoms with E-state index in [-0.39, 0.29) is 5.41 Å². The number of hydrogen-bond acceptors (Lipinski definition) is 2. The van der Waals surface area contributed by atoms with E-state index in [1.54, 1.807) is 0 Å². The molecule has 1 aliphatic heterocycles. The SMILES string of the molecule is CCC1CCC(C)N1CC1CCCC(C)(C)C1=O. The summed E-state index contributed by atoms with van der Waals surface area (Å²) in [5.74, 6) is 0.811. The van der Waals surface area contributed by atoms with Crippen LogP contribution in [0, 0.1) is 11.3 Å². The van der Waals surface area contributed by atoms with Crippen molar-refractivity contribution in [1.82, 2.24) is 4.90 Å². The molecule has 2 rings (SSSR count). The number of hydrogen-bond donors (Lipinski definition) is 0. The van der Waals surface area contributed by atoms with E-state index in [9.17, 15) is 4.79 Å². The first-order valence-electron chi connectivity index (χ1n) is 7.75. The molecule has 1 aliphatic carbocycles. The van der Waals surface area contributed by atoms with Crippen molar-refractivity contribution in [1.29, 1.82) is 0 Å². The highest BCUT2D eigenvalue weighted by Crippen LogP contribution is 2.37. The van der Waals surface area contributed by atoms with E-state index >= 15 is 0 Å². The summed E-state index contributed by atoms with van der Waals surface area (Å²) in [7, 11) is 0. The molecular weight excluding hydrogens is 222 g/mol. The van der Waals surface area contributed by atoms with Gasteiger partial charge in [-0.05, 0) is 39.0 Å². The van der Waals surface area contributed by atoms with Crippen molar-refractivity contribution in [3.63, 3.8) is 0 Å². The van der Waals surface area contributed by atoms with E-state index in [1.165, 1.54) is 25.7 Å². The topological polar surface area (TPSA) is 20.3 Å². The summed E-state index contributed by atoms with van der Waals surface area (Å²) in [6, 6.07) is 1.39. The quantitative estimate of drug-likeness (QED) is 0.763. The van der Waals surface area contributed by atoms with Crippen molar-refractivity contribution in [2.45, 2.75) is 78.3 Å². The third-order valence-corrected chi connectivity index (χ3v) is 5.25. The molecule has 1 heterocycles. The smallest absolute Gasteiger partial charge is 0.142 e. The number of likely N-dealkylation sites (tertiary alicyclic amines) is 1. The predicted octanol–water partition coefficient (Wildman–Crippen LogP) is 3.64. The molecule has 1 saturated carbocycles. The van der Waals surface area contributed by atoms with Crippen LogP contribution < -0.4 is 0 Å². The van der Waals surface area contributed by atoms with Gasteiger partial charge in [0, 0.05) is 30.0 Å². The molecule has 0 aromatic rings. The molecule has 3 atom stereocenters. The maximum Gasteiger partial charge on any atom is 0.142 e. The molecule has 2 nitrogen and oxygen atoms in total. The third-order valence-electron chi connectivity index (χ3n) is 5.25. The van der Waals surface area contributed by atoms with Gasteiger partial charge in [-0.25, -0.2) is 0 Å². The van der Waals surface area contributed by atoms with E-state index in [1.807, 2.05) is 0 Å². The number of nitrogens with zero attached hydrogens (tertiary/aromatic N) is 1. The van der Waals surface area contributed by atoms with E-state index in [0.717, 1.165) is 25.4 Å². The van der Waals surface area contributed by atoms with Gasteiger partial charge in [0.2, 0.25) is 0 Å². The Kier molecular flexibility index (Phi) is 4.15. The molecule has 2 fully saturated rings. The largest absolute Gasteiger partial charge is 0.299 e. The summed E-state index contributed by atoms with van der Waals surface area (Å²) in [6.45, 7) is 9.89. The predicted molar refractivity (Wildman–Crippen MR) is 75.6 cm³/mol. The molecule has 0 radical (unpaired) electrons. The van der Waals surface area contributed by atoms with Crippen molar-refractivity contribution in [3.8, 4) is 0 Å². The Balaban J connectivity index is 2.02. The fourth-order valence-electron chi connectivity index (χ4n) is 3.92. The molecule has 104 valence electrons. The molecule has 0 N–H and O–H groups in total. The fraction of sp³-hybridized carbons (Fsp3) is 0.938. The monoisotopic (exact) mass is 251 g/mol. The summed E-state index contributed by atoms with van der Waals surface area (Å²) in [6.07, 6.45) is 7.28. The molecule has 18 heavy (non-hydrogen) atoms. The van der Waals surface area contributed by atoms with Gasteiger partial charge in [0.25, 0.3) is 0 Å².